The number of rotatable bonds is 5. The minimum atomic E-state index is 0.636. The lowest BCUT2D eigenvalue weighted by Crippen LogP contribution is -2.18. The Kier molecular flexibility index (Phi) is 4.78. The van der Waals surface area contributed by atoms with Crippen molar-refractivity contribution in [3.8, 4) is 11.5 Å². The quantitative estimate of drug-likeness (QED) is 0.839. The molecule has 3 rings (SSSR count). The van der Waals surface area contributed by atoms with Gasteiger partial charge in [-0.3, -0.25) is 0 Å². The van der Waals surface area contributed by atoms with Gasteiger partial charge in [-0.25, -0.2) is 0 Å². The summed E-state index contributed by atoms with van der Waals surface area (Å²) in [6.07, 6.45) is 0.973. The molecule has 1 aliphatic heterocycles. The first-order chi connectivity index (χ1) is 10.3. The summed E-state index contributed by atoms with van der Waals surface area (Å²) in [5.74, 6) is 1.72. The number of halogens is 1. The number of ether oxygens (including phenoxy) is 2. The van der Waals surface area contributed by atoms with Gasteiger partial charge in [-0.2, -0.15) is 0 Å². The lowest BCUT2D eigenvalue weighted by atomic mass is 10.1. The minimum Gasteiger partial charge on any atom is -0.486 e. The monoisotopic (exact) mass is 347 g/mol. The molecule has 1 N–H and O–H groups in total. The number of hydrogen-bond acceptors (Lipinski definition) is 3. The highest BCUT2D eigenvalue weighted by molar-refractivity contribution is 9.10. The second-order valence-electron chi connectivity index (χ2n) is 5.00. The van der Waals surface area contributed by atoms with E-state index in [1.54, 1.807) is 0 Å². The summed E-state index contributed by atoms with van der Waals surface area (Å²) in [5, 5.41) is 3.47. The van der Waals surface area contributed by atoms with E-state index in [2.05, 4.69) is 51.6 Å². The fourth-order valence-electron chi connectivity index (χ4n) is 2.34. The molecule has 1 heterocycles. The molecule has 0 aliphatic carbocycles. The molecule has 2 aromatic rings. The summed E-state index contributed by atoms with van der Waals surface area (Å²) >= 11 is 3.56. The molecule has 0 atom stereocenters. The first-order valence-electron chi connectivity index (χ1n) is 7.15. The molecule has 1 aliphatic rings. The van der Waals surface area contributed by atoms with Crippen molar-refractivity contribution in [1.29, 1.82) is 0 Å². The van der Waals surface area contributed by atoms with E-state index in [-0.39, 0.29) is 0 Å². The van der Waals surface area contributed by atoms with Crippen LogP contribution in [0.5, 0.6) is 11.5 Å². The standard InChI is InChI=1S/C17H18BrNO2/c18-15-4-2-1-3-14(15)12-19-8-7-13-5-6-16-17(11-13)21-10-9-20-16/h1-6,11,19H,7-10,12H2. The number of hydrogen-bond donors (Lipinski definition) is 1. The van der Waals surface area contributed by atoms with Crippen LogP contribution in [0.4, 0.5) is 0 Å². The number of nitrogens with one attached hydrogen (secondary N) is 1. The fourth-order valence-corrected chi connectivity index (χ4v) is 2.77. The van der Waals surface area contributed by atoms with E-state index >= 15 is 0 Å². The second-order valence-corrected chi connectivity index (χ2v) is 5.85. The highest BCUT2D eigenvalue weighted by Gasteiger charge is 2.11. The summed E-state index contributed by atoms with van der Waals surface area (Å²) in [5.41, 5.74) is 2.54. The van der Waals surface area contributed by atoms with Crippen molar-refractivity contribution in [1.82, 2.24) is 5.32 Å². The van der Waals surface area contributed by atoms with Crippen molar-refractivity contribution < 1.29 is 9.47 Å². The first kappa shape index (κ1) is 14.4. The fraction of sp³-hybridized carbons (Fsp3) is 0.294. The molecule has 0 saturated carbocycles. The van der Waals surface area contributed by atoms with Gasteiger partial charge in [0.15, 0.2) is 11.5 Å². The van der Waals surface area contributed by atoms with Crippen LogP contribution in [0.1, 0.15) is 11.1 Å². The Labute approximate surface area is 133 Å². The zero-order valence-corrected chi connectivity index (χ0v) is 13.4. The van der Waals surface area contributed by atoms with Crippen molar-refractivity contribution in [2.45, 2.75) is 13.0 Å². The predicted octanol–water partition coefficient (Wildman–Crippen LogP) is 3.55. The van der Waals surface area contributed by atoms with Crippen LogP contribution in [0.15, 0.2) is 46.9 Å². The van der Waals surface area contributed by atoms with Gasteiger partial charge in [0.05, 0.1) is 0 Å². The lowest BCUT2D eigenvalue weighted by molar-refractivity contribution is 0.171. The van der Waals surface area contributed by atoms with Crippen molar-refractivity contribution in [3.05, 3.63) is 58.1 Å². The molecule has 0 radical (unpaired) electrons. The third-order valence-corrected chi connectivity index (χ3v) is 4.24. The summed E-state index contributed by atoms with van der Waals surface area (Å²) in [7, 11) is 0. The molecule has 2 aromatic carbocycles. The maximum absolute atomic E-state index is 5.60. The van der Waals surface area contributed by atoms with Gasteiger partial charge in [0.1, 0.15) is 13.2 Å². The number of benzene rings is 2. The van der Waals surface area contributed by atoms with Crippen molar-refractivity contribution in [2.75, 3.05) is 19.8 Å². The highest BCUT2D eigenvalue weighted by atomic mass is 79.9. The smallest absolute Gasteiger partial charge is 0.161 e. The Morgan fingerprint density at radius 2 is 1.81 bits per heavy atom. The van der Waals surface area contributed by atoms with Crippen LogP contribution in [0.2, 0.25) is 0 Å². The molecule has 0 amide bonds. The maximum atomic E-state index is 5.60. The number of fused-ring (bicyclic) bond motifs is 1. The van der Waals surface area contributed by atoms with Gasteiger partial charge >= 0.3 is 0 Å². The molecular weight excluding hydrogens is 330 g/mol. The van der Waals surface area contributed by atoms with Crippen molar-refractivity contribution >= 4 is 15.9 Å². The average Bonchev–Trinajstić information content (AvgIpc) is 2.53. The van der Waals surface area contributed by atoms with Crippen LogP contribution in [-0.4, -0.2) is 19.8 Å². The van der Waals surface area contributed by atoms with Gasteiger partial charge in [0.25, 0.3) is 0 Å². The van der Waals surface area contributed by atoms with E-state index in [9.17, 15) is 0 Å². The third kappa shape index (κ3) is 3.77. The normalized spacial score (nSPS) is 13.2. The zero-order chi connectivity index (χ0) is 14.5. The van der Waals surface area contributed by atoms with E-state index in [0.29, 0.717) is 13.2 Å². The molecule has 0 unspecified atom stereocenters. The van der Waals surface area contributed by atoms with Crippen LogP contribution in [0.25, 0.3) is 0 Å². The molecule has 4 heteroatoms. The predicted molar refractivity (Wildman–Crippen MR) is 87.0 cm³/mol. The largest absolute Gasteiger partial charge is 0.486 e. The minimum absolute atomic E-state index is 0.636. The van der Waals surface area contributed by atoms with Crippen LogP contribution >= 0.6 is 15.9 Å². The molecular formula is C17H18BrNO2. The van der Waals surface area contributed by atoms with Crippen molar-refractivity contribution in [2.24, 2.45) is 0 Å². The molecule has 3 nitrogen and oxygen atoms in total. The second kappa shape index (κ2) is 6.96. The van der Waals surface area contributed by atoms with Crippen LogP contribution in [0, 0.1) is 0 Å². The van der Waals surface area contributed by atoms with Gasteiger partial charge < -0.3 is 14.8 Å². The molecule has 0 aromatic heterocycles. The van der Waals surface area contributed by atoms with E-state index in [1.165, 1.54) is 11.1 Å². The average molecular weight is 348 g/mol. The topological polar surface area (TPSA) is 30.5 Å². The van der Waals surface area contributed by atoms with Gasteiger partial charge in [-0.15, -0.1) is 0 Å². The van der Waals surface area contributed by atoms with E-state index in [0.717, 1.165) is 35.5 Å². The highest BCUT2D eigenvalue weighted by Crippen LogP contribution is 2.30. The van der Waals surface area contributed by atoms with Crippen LogP contribution < -0.4 is 14.8 Å². The van der Waals surface area contributed by atoms with E-state index in [4.69, 9.17) is 9.47 Å². The summed E-state index contributed by atoms with van der Waals surface area (Å²) in [6, 6.07) is 14.5. The van der Waals surface area contributed by atoms with Gasteiger partial charge in [-0.05, 0) is 42.3 Å². The lowest BCUT2D eigenvalue weighted by Gasteiger charge is -2.18. The molecule has 0 saturated heterocycles. The summed E-state index contributed by atoms with van der Waals surface area (Å²) < 4.78 is 12.3. The van der Waals surface area contributed by atoms with Gasteiger partial charge in [0.2, 0.25) is 0 Å². The Hall–Kier alpha value is -1.52. The van der Waals surface area contributed by atoms with Crippen LogP contribution in [0.3, 0.4) is 0 Å². The Morgan fingerprint density at radius 3 is 2.67 bits per heavy atom. The van der Waals surface area contributed by atoms with Gasteiger partial charge in [-0.1, -0.05) is 40.2 Å². The Morgan fingerprint density at radius 1 is 1.00 bits per heavy atom. The van der Waals surface area contributed by atoms with E-state index in [1.807, 2.05) is 12.1 Å². The Balaban J connectivity index is 1.50. The molecule has 0 fully saturated rings. The van der Waals surface area contributed by atoms with Crippen LogP contribution in [-0.2, 0) is 13.0 Å². The van der Waals surface area contributed by atoms with E-state index < -0.39 is 0 Å². The Bertz CT molecular complexity index is 615. The first-order valence-corrected chi connectivity index (χ1v) is 7.95. The summed E-state index contributed by atoms with van der Waals surface area (Å²) in [4.78, 5) is 0. The van der Waals surface area contributed by atoms with Crippen molar-refractivity contribution in [3.63, 3.8) is 0 Å². The summed E-state index contributed by atoms with van der Waals surface area (Å²) in [6.45, 7) is 3.07. The van der Waals surface area contributed by atoms with Gasteiger partial charge in [0, 0.05) is 11.0 Å². The molecule has 0 spiro atoms. The molecule has 0 bridgehead atoms. The zero-order valence-electron chi connectivity index (χ0n) is 11.8. The molecule has 110 valence electrons. The SMILES string of the molecule is Brc1ccccc1CNCCc1ccc2c(c1)OCCO2. The third-order valence-electron chi connectivity index (χ3n) is 3.47. The molecule has 21 heavy (non-hydrogen) atoms. The maximum Gasteiger partial charge on any atom is 0.161 e.